The van der Waals surface area contributed by atoms with E-state index in [1.807, 2.05) is 28.8 Å². The highest BCUT2D eigenvalue weighted by atomic mass is 16.5. The van der Waals surface area contributed by atoms with E-state index in [1.54, 1.807) is 18.3 Å². The molecule has 8 heteroatoms. The Labute approximate surface area is 178 Å². The summed E-state index contributed by atoms with van der Waals surface area (Å²) in [6.07, 6.45) is 1.78. The molecule has 4 rings (SSSR count). The first-order valence-electron chi connectivity index (χ1n) is 9.63. The predicted octanol–water partition coefficient (Wildman–Crippen LogP) is 2.23. The molecule has 8 nitrogen and oxygen atoms in total. The first-order valence-corrected chi connectivity index (χ1v) is 9.63. The zero-order valence-corrected chi connectivity index (χ0v) is 17.4. The van der Waals surface area contributed by atoms with Gasteiger partial charge in [0, 0.05) is 29.2 Å². The van der Waals surface area contributed by atoms with Gasteiger partial charge < -0.3 is 23.9 Å². The van der Waals surface area contributed by atoms with Crippen molar-refractivity contribution < 1.29 is 28.9 Å². The van der Waals surface area contributed by atoms with E-state index in [9.17, 15) is 14.7 Å². The number of aliphatic hydroxyl groups is 1. The van der Waals surface area contributed by atoms with Gasteiger partial charge in [0.1, 0.15) is 0 Å². The number of fused-ring (bicyclic) bond motifs is 1. The van der Waals surface area contributed by atoms with Gasteiger partial charge in [0.2, 0.25) is 5.75 Å². The molecule has 1 aromatic heterocycles. The molecule has 2 amide bonds. The molecule has 1 aliphatic rings. The average Bonchev–Trinajstić information content (AvgIpc) is 3.28. The van der Waals surface area contributed by atoms with Crippen molar-refractivity contribution >= 4 is 33.9 Å². The Morgan fingerprint density at radius 2 is 1.58 bits per heavy atom. The van der Waals surface area contributed by atoms with Crippen LogP contribution in [0.1, 0.15) is 11.1 Å². The number of carbonyl (C=O) groups excluding carboxylic acids is 2. The Bertz CT molecular complexity index is 1200. The van der Waals surface area contributed by atoms with Crippen LogP contribution in [0.15, 0.2) is 42.6 Å². The van der Waals surface area contributed by atoms with Crippen LogP contribution in [0.4, 0.5) is 0 Å². The predicted molar refractivity (Wildman–Crippen MR) is 115 cm³/mol. The lowest BCUT2D eigenvalue weighted by Crippen LogP contribution is -2.22. The van der Waals surface area contributed by atoms with E-state index in [1.165, 1.54) is 21.3 Å². The third-order valence-electron chi connectivity index (χ3n) is 5.28. The fourth-order valence-corrected chi connectivity index (χ4v) is 3.95. The summed E-state index contributed by atoms with van der Waals surface area (Å²) in [6.45, 7) is 0.310. The van der Waals surface area contributed by atoms with Crippen LogP contribution >= 0.6 is 0 Å². The second kappa shape index (κ2) is 8.16. The number of hydrogen-bond acceptors (Lipinski definition) is 6. The Morgan fingerprint density at radius 3 is 2.19 bits per heavy atom. The van der Waals surface area contributed by atoms with E-state index in [-0.39, 0.29) is 17.8 Å². The molecular weight excluding hydrogens is 400 g/mol. The Morgan fingerprint density at radius 1 is 0.935 bits per heavy atom. The van der Waals surface area contributed by atoms with E-state index in [0.29, 0.717) is 34.9 Å². The molecule has 2 N–H and O–H groups in total. The van der Waals surface area contributed by atoms with Crippen molar-refractivity contribution in [2.45, 2.75) is 6.54 Å². The van der Waals surface area contributed by atoms with E-state index in [0.717, 1.165) is 10.9 Å². The Hall–Kier alpha value is -3.78. The number of hydrogen-bond donors (Lipinski definition) is 2. The highest BCUT2D eigenvalue weighted by Crippen LogP contribution is 2.43. The second-order valence-corrected chi connectivity index (χ2v) is 6.92. The molecule has 2 heterocycles. The molecule has 0 fully saturated rings. The molecule has 0 aliphatic carbocycles. The average molecular weight is 422 g/mol. The van der Waals surface area contributed by atoms with E-state index in [4.69, 9.17) is 14.2 Å². The summed E-state index contributed by atoms with van der Waals surface area (Å²) in [5.41, 5.74) is 2.40. The van der Waals surface area contributed by atoms with Gasteiger partial charge in [-0.05, 0) is 23.8 Å². The maximum Gasteiger partial charge on any atom is 0.259 e. The summed E-state index contributed by atoms with van der Waals surface area (Å²) in [5.74, 6) is 0.145. The molecular formula is C23H22N2O6. The lowest BCUT2D eigenvalue weighted by Gasteiger charge is -2.14. The first-order chi connectivity index (χ1) is 15.0. The fraction of sp³-hybridized carbons (Fsp3) is 0.217. The molecule has 0 bridgehead atoms. The molecule has 3 aromatic rings. The third kappa shape index (κ3) is 3.30. The normalized spacial score (nSPS) is 13.7. The lowest BCUT2D eigenvalue weighted by atomic mass is 9.95. The number of ether oxygens (including phenoxy) is 3. The van der Waals surface area contributed by atoms with Crippen LogP contribution in [0.25, 0.3) is 22.0 Å². The maximum absolute atomic E-state index is 12.9. The molecule has 160 valence electrons. The largest absolute Gasteiger partial charge is 0.493 e. The van der Waals surface area contributed by atoms with Crippen LogP contribution in [0.5, 0.6) is 17.2 Å². The Kier molecular flexibility index (Phi) is 5.39. The Balaban J connectivity index is 2.01. The van der Waals surface area contributed by atoms with Crippen molar-refractivity contribution in [3.63, 3.8) is 0 Å². The first kappa shape index (κ1) is 20.5. The second-order valence-electron chi connectivity index (χ2n) is 6.92. The summed E-state index contributed by atoms with van der Waals surface area (Å²) in [7, 11) is 4.46. The highest BCUT2D eigenvalue weighted by molar-refractivity contribution is 6.50. The molecule has 0 saturated heterocycles. The number of carbonyl (C=O) groups is 2. The molecule has 0 atom stereocenters. The summed E-state index contributed by atoms with van der Waals surface area (Å²) < 4.78 is 18.0. The number of rotatable bonds is 7. The van der Waals surface area contributed by atoms with Crippen LogP contribution in [-0.4, -0.2) is 49.4 Å². The van der Waals surface area contributed by atoms with Gasteiger partial charge in [0.25, 0.3) is 11.8 Å². The van der Waals surface area contributed by atoms with Crippen LogP contribution < -0.4 is 19.5 Å². The smallest absolute Gasteiger partial charge is 0.259 e. The van der Waals surface area contributed by atoms with E-state index >= 15 is 0 Å². The van der Waals surface area contributed by atoms with Crippen molar-refractivity contribution in [3.05, 3.63) is 53.7 Å². The number of aromatic nitrogens is 1. The van der Waals surface area contributed by atoms with E-state index in [2.05, 4.69) is 5.32 Å². The number of aliphatic hydroxyl groups excluding tert-OH is 1. The third-order valence-corrected chi connectivity index (χ3v) is 5.28. The van der Waals surface area contributed by atoms with Crippen molar-refractivity contribution in [2.75, 3.05) is 27.9 Å². The minimum atomic E-state index is -0.506. The lowest BCUT2D eigenvalue weighted by molar-refractivity contribution is -0.122. The molecule has 0 spiro atoms. The van der Waals surface area contributed by atoms with Gasteiger partial charge in [-0.3, -0.25) is 14.9 Å². The maximum atomic E-state index is 12.9. The van der Waals surface area contributed by atoms with Gasteiger partial charge in [0.05, 0.1) is 39.1 Å². The van der Waals surface area contributed by atoms with Crippen molar-refractivity contribution in [1.29, 1.82) is 0 Å². The number of para-hydroxylation sites is 1. The molecule has 0 unspecified atom stereocenters. The van der Waals surface area contributed by atoms with Crippen molar-refractivity contribution in [2.24, 2.45) is 0 Å². The molecule has 0 saturated carbocycles. The molecule has 0 radical (unpaired) electrons. The SMILES string of the molecule is COc1cc(C2=C(c3cn(CCO)c4ccccc34)C(=O)NC2=O)cc(OC)c1OC. The summed E-state index contributed by atoms with van der Waals surface area (Å²) in [6, 6.07) is 10.8. The van der Waals surface area contributed by atoms with Crippen LogP contribution in [0, 0.1) is 0 Å². The number of nitrogens with zero attached hydrogens (tertiary/aromatic N) is 1. The number of benzene rings is 2. The summed E-state index contributed by atoms with van der Waals surface area (Å²) in [5, 5.41) is 12.6. The van der Waals surface area contributed by atoms with Crippen molar-refractivity contribution in [1.82, 2.24) is 9.88 Å². The molecule has 31 heavy (non-hydrogen) atoms. The van der Waals surface area contributed by atoms with Gasteiger partial charge in [-0.15, -0.1) is 0 Å². The van der Waals surface area contributed by atoms with Gasteiger partial charge in [-0.25, -0.2) is 0 Å². The van der Waals surface area contributed by atoms with Crippen molar-refractivity contribution in [3.8, 4) is 17.2 Å². The number of imide groups is 1. The minimum absolute atomic E-state index is 0.0535. The highest BCUT2D eigenvalue weighted by Gasteiger charge is 2.35. The zero-order valence-electron chi connectivity index (χ0n) is 17.4. The zero-order chi connectivity index (χ0) is 22.1. The molecule has 1 aliphatic heterocycles. The number of methoxy groups -OCH3 is 3. The number of amides is 2. The van der Waals surface area contributed by atoms with Gasteiger partial charge in [-0.1, -0.05) is 18.2 Å². The van der Waals surface area contributed by atoms with E-state index < -0.39 is 11.8 Å². The van der Waals surface area contributed by atoms with Gasteiger partial charge >= 0.3 is 0 Å². The standard InChI is InChI=1S/C23H22N2O6/c1-29-17-10-13(11-18(30-2)21(17)31-3)19-20(23(28)24-22(19)27)15-12-25(8-9-26)16-7-5-4-6-14(15)16/h4-7,10-12,26H,8-9H2,1-3H3,(H,24,27,28). The quantitative estimate of drug-likeness (QED) is 0.567. The topological polar surface area (TPSA) is 99.0 Å². The van der Waals surface area contributed by atoms with Gasteiger partial charge in [0.15, 0.2) is 11.5 Å². The van der Waals surface area contributed by atoms with Crippen LogP contribution in [0.2, 0.25) is 0 Å². The minimum Gasteiger partial charge on any atom is -0.493 e. The summed E-state index contributed by atoms with van der Waals surface area (Å²) >= 11 is 0. The van der Waals surface area contributed by atoms with Crippen LogP contribution in [-0.2, 0) is 16.1 Å². The molecule has 2 aromatic carbocycles. The monoisotopic (exact) mass is 422 g/mol. The van der Waals surface area contributed by atoms with Gasteiger partial charge in [-0.2, -0.15) is 0 Å². The fourth-order valence-electron chi connectivity index (χ4n) is 3.95. The summed E-state index contributed by atoms with van der Waals surface area (Å²) in [4.78, 5) is 25.7. The van der Waals surface area contributed by atoms with Crippen LogP contribution in [0.3, 0.4) is 0 Å². The number of nitrogens with one attached hydrogen (secondary N) is 1.